The Bertz CT molecular complexity index is 1280. The van der Waals surface area contributed by atoms with Crippen molar-refractivity contribution in [1.29, 1.82) is 0 Å². The Kier molecular flexibility index (Phi) is 3.99. The van der Waals surface area contributed by atoms with E-state index >= 15 is 0 Å². The summed E-state index contributed by atoms with van der Waals surface area (Å²) in [4.78, 5) is 35.8. The Hall–Kier alpha value is -3.49. The lowest BCUT2D eigenvalue weighted by molar-refractivity contribution is -0.145. The number of anilines is 1. The highest BCUT2D eigenvalue weighted by atomic mass is 16.2. The summed E-state index contributed by atoms with van der Waals surface area (Å²) in [5.41, 5.74) is 2.48. The Morgan fingerprint density at radius 1 is 1.19 bits per heavy atom. The van der Waals surface area contributed by atoms with E-state index < -0.39 is 0 Å². The summed E-state index contributed by atoms with van der Waals surface area (Å²) in [5, 5.41) is 4.34. The second-order valence-corrected chi connectivity index (χ2v) is 8.94. The predicted molar refractivity (Wildman–Crippen MR) is 116 cm³/mol. The molecular weight excluding hydrogens is 392 g/mol. The number of fused-ring (bicyclic) bond motifs is 2. The molecule has 1 saturated heterocycles. The third-order valence-electron chi connectivity index (χ3n) is 6.63. The molecule has 0 aromatic carbocycles. The zero-order chi connectivity index (χ0) is 21.0. The zero-order valence-corrected chi connectivity index (χ0v) is 17.4. The van der Waals surface area contributed by atoms with Crippen LogP contribution in [0.1, 0.15) is 32.6 Å². The number of hydrogen-bond donors (Lipinski definition) is 2. The SMILES string of the molecule is CC1(C(=O)N2CCCC2)CC(Nc2ncc3c(-c4cnc5nccn5c4)c[nH]c3n2)C1. The van der Waals surface area contributed by atoms with Crippen LogP contribution in [0.5, 0.6) is 0 Å². The summed E-state index contributed by atoms with van der Waals surface area (Å²) in [5.74, 6) is 1.56. The lowest BCUT2D eigenvalue weighted by atomic mass is 9.66. The standard InChI is InChI=1S/C22H24N8O/c1-22(19(31)29-5-2-3-6-29)8-15(9-22)27-20-25-12-17-16(11-24-18(17)28-20)14-10-26-21-23-4-7-30(21)13-14/h4,7,10-13,15H,2-3,5-6,8-9H2,1H3,(H2,24,25,27,28). The van der Waals surface area contributed by atoms with Gasteiger partial charge in [-0.05, 0) is 25.7 Å². The number of carbonyl (C=O) groups excluding carboxylic acids is 1. The van der Waals surface area contributed by atoms with Crippen molar-refractivity contribution >= 4 is 28.7 Å². The molecule has 0 radical (unpaired) electrons. The molecule has 4 aromatic rings. The van der Waals surface area contributed by atoms with Gasteiger partial charge in [0.05, 0.1) is 5.41 Å². The number of likely N-dealkylation sites (tertiary alicyclic amines) is 1. The van der Waals surface area contributed by atoms with Crippen molar-refractivity contribution in [1.82, 2.24) is 34.2 Å². The summed E-state index contributed by atoms with van der Waals surface area (Å²) >= 11 is 0. The van der Waals surface area contributed by atoms with Crippen LogP contribution in [0.2, 0.25) is 0 Å². The molecule has 0 spiro atoms. The van der Waals surface area contributed by atoms with E-state index in [9.17, 15) is 4.79 Å². The Morgan fingerprint density at radius 3 is 2.87 bits per heavy atom. The number of aromatic nitrogens is 6. The largest absolute Gasteiger partial charge is 0.351 e. The quantitative estimate of drug-likeness (QED) is 0.530. The minimum absolute atomic E-state index is 0.219. The minimum Gasteiger partial charge on any atom is -0.351 e. The predicted octanol–water partition coefficient (Wildman–Crippen LogP) is 2.87. The van der Waals surface area contributed by atoms with Crippen LogP contribution in [-0.2, 0) is 4.79 Å². The third kappa shape index (κ3) is 3.03. The van der Waals surface area contributed by atoms with Gasteiger partial charge in [0.2, 0.25) is 17.6 Å². The number of aromatic amines is 1. The molecule has 1 amide bonds. The molecule has 1 aliphatic heterocycles. The molecule has 158 valence electrons. The Morgan fingerprint density at radius 2 is 2.03 bits per heavy atom. The van der Waals surface area contributed by atoms with E-state index in [0.29, 0.717) is 17.6 Å². The number of carbonyl (C=O) groups is 1. The van der Waals surface area contributed by atoms with Crippen molar-refractivity contribution in [2.75, 3.05) is 18.4 Å². The van der Waals surface area contributed by atoms with Crippen LogP contribution < -0.4 is 5.32 Å². The summed E-state index contributed by atoms with van der Waals surface area (Å²) in [6.45, 7) is 3.90. The number of nitrogens with zero attached hydrogens (tertiary/aromatic N) is 6. The Labute approximate surface area is 178 Å². The third-order valence-corrected chi connectivity index (χ3v) is 6.63. The molecule has 0 unspecified atom stereocenters. The van der Waals surface area contributed by atoms with Crippen molar-refractivity contribution in [2.24, 2.45) is 5.41 Å². The molecule has 1 saturated carbocycles. The van der Waals surface area contributed by atoms with E-state index in [0.717, 1.165) is 60.9 Å². The van der Waals surface area contributed by atoms with Gasteiger partial charge < -0.3 is 15.2 Å². The molecule has 6 rings (SSSR count). The monoisotopic (exact) mass is 416 g/mol. The van der Waals surface area contributed by atoms with Gasteiger partial charge >= 0.3 is 0 Å². The topological polar surface area (TPSA) is 104 Å². The smallest absolute Gasteiger partial charge is 0.233 e. The highest BCUT2D eigenvalue weighted by Gasteiger charge is 2.48. The maximum absolute atomic E-state index is 12.8. The first kappa shape index (κ1) is 18.3. The second kappa shape index (κ2) is 6.76. The molecule has 4 aromatic heterocycles. The summed E-state index contributed by atoms with van der Waals surface area (Å²) in [6, 6.07) is 0.219. The first-order chi connectivity index (χ1) is 15.1. The van der Waals surface area contributed by atoms with Crippen LogP contribution in [-0.4, -0.2) is 59.3 Å². The fraction of sp³-hybridized carbons (Fsp3) is 0.409. The van der Waals surface area contributed by atoms with Gasteiger partial charge in [-0.15, -0.1) is 0 Å². The molecule has 9 nitrogen and oxygen atoms in total. The van der Waals surface area contributed by atoms with Crippen LogP contribution in [0.3, 0.4) is 0 Å². The molecule has 0 atom stereocenters. The van der Waals surface area contributed by atoms with E-state index in [1.54, 1.807) is 6.20 Å². The lowest BCUT2D eigenvalue weighted by Gasteiger charge is -2.45. The highest BCUT2D eigenvalue weighted by Crippen LogP contribution is 2.44. The van der Waals surface area contributed by atoms with Gasteiger partial charge in [-0.3, -0.25) is 9.20 Å². The molecule has 0 bridgehead atoms. The van der Waals surface area contributed by atoms with E-state index in [2.05, 4.69) is 37.2 Å². The van der Waals surface area contributed by atoms with Gasteiger partial charge in [-0.1, -0.05) is 6.92 Å². The summed E-state index contributed by atoms with van der Waals surface area (Å²) < 4.78 is 1.89. The number of H-pyrrole nitrogens is 1. The maximum atomic E-state index is 12.8. The number of rotatable bonds is 4. The van der Waals surface area contributed by atoms with Gasteiger partial charge in [0, 0.05) is 72.8 Å². The van der Waals surface area contributed by atoms with Crippen molar-refractivity contribution in [3.05, 3.63) is 37.2 Å². The van der Waals surface area contributed by atoms with Crippen molar-refractivity contribution in [3.63, 3.8) is 0 Å². The minimum atomic E-state index is -0.259. The number of amides is 1. The molecule has 1 aliphatic carbocycles. The van der Waals surface area contributed by atoms with Gasteiger partial charge in [0.25, 0.3) is 0 Å². The molecule has 31 heavy (non-hydrogen) atoms. The van der Waals surface area contributed by atoms with Gasteiger partial charge in [0.1, 0.15) is 5.65 Å². The van der Waals surface area contributed by atoms with Gasteiger partial charge in [-0.2, -0.15) is 4.98 Å². The summed E-state index contributed by atoms with van der Waals surface area (Å²) in [6.07, 6.45) is 15.1. The van der Waals surface area contributed by atoms with E-state index in [1.807, 2.05) is 40.3 Å². The van der Waals surface area contributed by atoms with Crippen LogP contribution in [0, 0.1) is 5.41 Å². The summed E-state index contributed by atoms with van der Waals surface area (Å²) in [7, 11) is 0. The van der Waals surface area contributed by atoms with Crippen LogP contribution >= 0.6 is 0 Å². The van der Waals surface area contributed by atoms with Crippen molar-refractivity contribution < 1.29 is 4.79 Å². The second-order valence-electron chi connectivity index (χ2n) is 8.94. The van der Waals surface area contributed by atoms with Gasteiger partial charge in [0.15, 0.2) is 0 Å². The van der Waals surface area contributed by atoms with Crippen LogP contribution in [0.25, 0.3) is 27.9 Å². The normalized spacial score (nSPS) is 23.4. The molecule has 9 heteroatoms. The highest BCUT2D eigenvalue weighted by molar-refractivity contribution is 5.93. The molecule has 2 N–H and O–H groups in total. The average molecular weight is 416 g/mol. The zero-order valence-electron chi connectivity index (χ0n) is 17.4. The molecule has 2 aliphatic rings. The fourth-order valence-corrected chi connectivity index (χ4v) is 4.96. The van der Waals surface area contributed by atoms with Crippen LogP contribution in [0.4, 0.5) is 5.95 Å². The maximum Gasteiger partial charge on any atom is 0.233 e. The van der Waals surface area contributed by atoms with E-state index in [-0.39, 0.29) is 11.5 Å². The van der Waals surface area contributed by atoms with Gasteiger partial charge in [-0.25, -0.2) is 15.0 Å². The fourth-order valence-electron chi connectivity index (χ4n) is 4.96. The molecular formula is C22H24N8O. The van der Waals surface area contributed by atoms with Crippen molar-refractivity contribution in [3.8, 4) is 11.1 Å². The first-order valence-corrected chi connectivity index (χ1v) is 10.8. The molecule has 2 fully saturated rings. The van der Waals surface area contributed by atoms with E-state index in [1.165, 1.54) is 0 Å². The van der Waals surface area contributed by atoms with Crippen molar-refractivity contribution in [2.45, 2.75) is 38.6 Å². The van der Waals surface area contributed by atoms with E-state index in [4.69, 9.17) is 0 Å². The van der Waals surface area contributed by atoms with Crippen LogP contribution in [0.15, 0.2) is 37.2 Å². The number of imidazole rings is 1. The average Bonchev–Trinajstić information content (AvgIpc) is 3.51. The lowest BCUT2D eigenvalue weighted by Crippen LogP contribution is -2.53. The number of hydrogen-bond acceptors (Lipinski definition) is 6. The Balaban J connectivity index is 1.18. The number of nitrogens with one attached hydrogen (secondary N) is 2. The first-order valence-electron chi connectivity index (χ1n) is 10.8. The molecule has 5 heterocycles.